The first kappa shape index (κ1) is 14.4. The number of halogens is 1. The summed E-state index contributed by atoms with van der Waals surface area (Å²) in [6.45, 7) is -0.00940. The largest absolute Gasteiger partial charge is 0.488 e. The van der Waals surface area contributed by atoms with Gasteiger partial charge in [0.1, 0.15) is 18.2 Å². The van der Waals surface area contributed by atoms with E-state index in [-0.39, 0.29) is 17.7 Å². The molecule has 2 rings (SSSR count). The molecule has 0 aliphatic carbocycles. The van der Waals surface area contributed by atoms with Gasteiger partial charge in [0.05, 0.1) is 5.56 Å². The molecule has 0 spiro atoms. The molecular weight excluding hydrogens is 279 g/mol. The first-order valence-electron chi connectivity index (χ1n) is 5.89. The molecule has 0 aromatic heterocycles. The summed E-state index contributed by atoms with van der Waals surface area (Å²) in [4.78, 5) is 11.8. The van der Waals surface area contributed by atoms with Gasteiger partial charge in [0.2, 0.25) is 0 Å². The molecule has 104 valence electrons. The van der Waals surface area contributed by atoms with Gasteiger partial charge < -0.3 is 9.84 Å². The van der Waals surface area contributed by atoms with Crippen LogP contribution in [0.3, 0.4) is 0 Å². The fraction of sp³-hybridized carbons (Fsp3) is 0.133. The van der Waals surface area contributed by atoms with E-state index in [1.807, 2.05) is 24.5 Å². The molecule has 0 fully saturated rings. The average Bonchev–Trinajstić information content (AvgIpc) is 2.46. The molecule has 0 amide bonds. The molecule has 0 unspecified atom stereocenters. The number of para-hydroxylation sites is 1. The van der Waals surface area contributed by atoms with Gasteiger partial charge in [-0.25, -0.2) is 9.18 Å². The van der Waals surface area contributed by atoms with Gasteiger partial charge in [0, 0.05) is 10.5 Å². The fourth-order valence-corrected chi connectivity index (χ4v) is 2.25. The van der Waals surface area contributed by atoms with Crippen LogP contribution in [-0.4, -0.2) is 17.3 Å². The summed E-state index contributed by atoms with van der Waals surface area (Å²) in [7, 11) is 0. The summed E-state index contributed by atoms with van der Waals surface area (Å²) >= 11 is 1.53. The Bertz CT molecular complexity index is 628. The summed E-state index contributed by atoms with van der Waals surface area (Å²) < 4.78 is 19.2. The van der Waals surface area contributed by atoms with E-state index in [1.54, 1.807) is 6.07 Å². The zero-order chi connectivity index (χ0) is 14.5. The second-order valence-electron chi connectivity index (χ2n) is 4.05. The lowest BCUT2D eigenvalue weighted by Gasteiger charge is -2.10. The van der Waals surface area contributed by atoms with Crippen LogP contribution in [0.1, 0.15) is 15.9 Å². The Morgan fingerprint density at radius 3 is 2.75 bits per heavy atom. The lowest BCUT2D eigenvalue weighted by atomic mass is 10.1. The van der Waals surface area contributed by atoms with E-state index < -0.39 is 11.8 Å². The molecule has 0 radical (unpaired) electrons. The third-order valence-corrected chi connectivity index (χ3v) is 3.52. The predicted molar refractivity (Wildman–Crippen MR) is 75.9 cm³/mol. The predicted octanol–water partition coefficient (Wildman–Crippen LogP) is 3.82. The van der Waals surface area contributed by atoms with Crippen LogP contribution in [0.15, 0.2) is 47.4 Å². The molecule has 0 bridgehead atoms. The minimum Gasteiger partial charge on any atom is -0.488 e. The smallest absolute Gasteiger partial charge is 0.335 e. The summed E-state index contributed by atoms with van der Waals surface area (Å²) in [6, 6.07) is 11.1. The number of rotatable bonds is 5. The van der Waals surface area contributed by atoms with Gasteiger partial charge in [-0.15, -0.1) is 11.8 Å². The zero-order valence-corrected chi connectivity index (χ0v) is 11.6. The Hall–Kier alpha value is -2.01. The van der Waals surface area contributed by atoms with E-state index in [9.17, 15) is 9.18 Å². The van der Waals surface area contributed by atoms with Crippen LogP contribution in [0.2, 0.25) is 0 Å². The Kier molecular flexibility index (Phi) is 4.63. The van der Waals surface area contributed by atoms with E-state index in [0.29, 0.717) is 5.75 Å². The maximum absolute atomic E-state index is 13.6. The van der Waals surface area contributed by atoms with E-state index in [1.165, 1.54) is 23.9 Å². The number of ether oxygens (including phenoxy) is 1. The first-order valence-corrected chi connectivity index (χ1v) is 7.12. The van der Waals surface area contributed by atoms with Crippen LogP contribution in [0.25, 0.3) is 0 Å². The van der Waals surface area contributed by atoms with Crippen LogP contribution in [-0.2, 0) is 6.61 Å². The van der Waals surface area contributed by atoms with Crippen LogP contribution in [0.5, 0.6) is 5.75 Å². The molecule has 5 heteroatoms. The number of benzene rings is 2. The lowest BCUT2D eigenvalue weighted by Crippen LogP contribution is -2.03. The quantitative estimate of drug-likeness (QED) is 0.851. The highest BCUT2D eigenvalue weighted by atomic mass is 32.2. The van der Waals surface area contributed by atoms with Crippen LogP contribution < -0.4 is 4.74 Å². The molecule has 0 aliphatic rings. The van der Waals surface area contributed by atoms with E-state index in [2.05, 4.69) is 0 Å². The van der Waals surface area contributed by atoms with Gasteiger partial charge in [-0.2, -0.15) is 0 Å². The number of thioether (sulfide) groups is 1. The Labute approximate surface area is 120 Å². The average molecular weight is 292 g/mol. The van der Waals surface area contributed by atoms with Crippen molar-refractivity contribution in [2.24, 2.45) is 0 Å². The van der Waals surface area contributed by atoms with Crippen LogP contribution in [0, 0.1) is 5.82 Å². The summed E-state index contributed by atoms with van der Waals surface area (Å²) in [5.74, 6) is -0.910. The number of hydrogen-bond acceptors (Lipinski definition) is 3. The number of aromatic carboxylic acids is 1. The highest BCUT2D eigenvalue weighted by Gasteiger charge is 2.10. The van der Waals surface area contributed by atoms with E-state index >= 15 is 0 Å². The van der Waals surface area contributed by atoms with Crippen molar-refractivity contribution < 1.29 is 19.0 Å². The molecule has 2 aromatic carbocycles. The van der Waals surface area contributed by atoms with Gasteiger partial charge in [-0.3, -0.25) is 0 Å². The third-order valence-electron chi connectivity index (χ3n) is 2.74. The molecule has 1 N–H and O–H groups in total. The molecule has 0 heterocycles. The maximum atomic E-state index is 13.6. The van der Waals surface area contributed by atoms with Crippen molar-refractivity contribution in [1.82, 2.24) is 0 Å². The second kappa shape index (κ2) is 6.43. The van der Waals surface area contributed by atoms with Gasteiger partial charge in [0.15, 0.2) is 0 Å². The maximum Gasteiger partial charge on any atom is 0.335 e. The Morgan fingerprint density at radius 1 is 1.30 bits per heavy atom. The Morgan fingerprint density at radius 2 is 2.05 bits per heavy atom. The van der Waals surface area contributed by atoms with E-state index in [0.717, 1.165) is 11.0 Å². The molecule has 0 saturated carbocycles. The molecule has 0 saturated heterocycles. The zero-order valence-electron chi connectivity index (χ0n) is 10.8. The van der Waals surface area contributed by atoms with Crippen molar-refractivity contribution in [2.75, 3.05) is 6.26 Å². The molecule has 2 aromatic rings. The van der Waals surface area contributed by atoms with Gasteiger partial charge in [0.25, 0.3) is 0 Å². The topological polar surface area (TPSA) is 46.5 Å². The standard InChI is InChI=1S/C15H13FO3S/c1-20-14-5-3-2-4-13(14)19-9-11-8-10(15(17)18)6-7-12(11)16/h2-8H,9H2,1H3,(H,17,18). The second-order valence-corrected chi connectivity index (χ2v) is 4.90. The number of carboxylic acid groups (broad SMARTS) is 1. The van der Waals surface area contributed by atoms with Crippen LogP contribution >= 0.6 is 11.8 Å². The SMILES string of the molecule is CSc1ccccc1OCc1cc(C(=O)O)ccc1F. The number of hydrogen-bond donors (Lipinski definition) is 1. The minimum absolute atomic E-state index is 0.00940. The van der Waals surface area contributed by atoms with E-state index in [4.69, 9.17) is 9.84 Å². The molecule has 0 aliphatic heterocycles. The van der Waals surface area contributed by atoms with Crippen molar-refractivity contribution in [1.29, 1.82) is 0 Å². The lowest BCUT2D eigenvalue weighted by molar-refractivity contribution is 0.0696. The Balaban J connectivity index is 2.18. The molecule has 0 atom stereocenters. The summed E-state index contributed by atoms with van der Waals surface area (Å²) in [5.41, 5.74) is 0.268. The summed E-state index contributed by atoms with van der Waals surface area (Å²) in [6.07, 6.45) is 1.92. The first-order chi connectivity index (χ1) is 9.61. The van der Waals surface area contributed by atoms with Gasteiger partial charge >= 0.3 is 5.97 Å². The highest BCUT2D eigenvalue weighted by Crippen LogP contribution is 2.27. The minimum atomic E-state index is -1.09. The van der Waals surface area contributed by atoms with Gasteiger partial charge in [-0.1, -0.05) is 12.1 Å². The van der Waals surface area contributed by atoms with Crippen molar-refractivity contribution >= 4 is 17.7 Å². The van der Waals surface area contributed by atoms with Crippen LogP contribution in [0.4, 0.5) is 4.39 Å². The van der Waals surface area contributed by atoms with Crippen molar-refractivity contribution in [3.63, 3.8) is 0 Å². The van der Waals surface area contributed by atoms with Crippen molar-refractivity contribution in [3.8, 4) is 5.75 Å². The number of carbonyl (C=O) groups is 1. The van der Waals surface area contributed by atoms with Crippen molar-refractivity contribution in [3.05, 3.63) is 59.4 Å². The normalized spacial score (nSPS) is 10.3. The van der Waals surface area contributed by atoms with Crippen molar-refractivity contribution in [2.45, 2.75) is 11.5 Å². The number of carboxylic acids is 1. The summed E-state index contributed by atoms with van der Waals surface area (Å²) in [5, 5.41) is 8.90. The molecule has 20 heavy (non-hydrogen) atoms. The molecule has 3 nitrogen and oxygen atoms in total. The fourth-order valence-electron chi connectivity index (χ4n) is 1.71. The van der Waals surface area contributed by atoms with Gasteiger partial charge in [-0.05, 0) is 36.6 Å². The monoisotopic (exact) mass is 292 g/mol. The molecular formula is C15H13FO3S. The highest BCUT2D eigenvalue weighted by molar-refractivity contribution is 7.98. The third kappa shape index (κ3) is 3.30.